The zero-order valence-corrected chi connectivity index (χ0v) is 11.7. The van der Waals surface area contributed by atoms with Crippen LogP contribution in [-0.4, -0.2) is 27.7 Å². The van der Waals surface area contributed by atoms with Crippen molar-refractivity contribution in [2.75, 3.05) is 19.9 Å². The Morgan fingerprint density at radius 2 is 2.05 bits per heavy atom. The number of nitrogen functional groups attached to an aromatic ring is 1. The summed E-state index contributed by atoms with van der Waals surface area (Å²) < 4.78 is 28.3. The summed E-state index contributed by atoms with van der Waals surface area (Å²) >= 11 is 0. The van der Waals surface area contributed by atoms with Crippen molar-refractivity contribution in [3.63, 3.8) is 0 Å². The van der Waals surface area contributed by atoms with Crippen molar-refractivity contribution in [2.45, 2.75) is 4.90 Å². The van der Waals surface area contributed by atoms with Crippen LogP contribution in [0.5, 0.6) is 5.75 Å². The number of hydrogen-bond donors (Lipinski definition) is 2. The first-order valence-electron chi connectivity index (χ1n) is 5.57. The minimum absolute atomic E-state index is 0.195. The highest BCUT2D eigenvalue weighted by atomic mass is 32.2. The summed E-state index contributed by atoms with van der Waals surface area (Å²) in [5.41, 5.74) is 5.92. The van der Waals surface area contributed by atoms with E-state index in [0.717, 1.165) is 7.11 Å². The average Bonchev–Trinajstić information content (AvgIpc) is 2.41. The Morgan fingerprint density at radius 1 is 1.35 bits per heavy atom. The van der Waals surface area contributed by atoms with Crippen LogP contribution in [0.15, 0.2) is 39.4 Å². The van der Waals surface area contributed by atoms with Gasteiger partial charge in [0.25, 0.3) is 10.1 Å². The van der Waals surface area contributed by atoms with Crippen LogP contribution in [0, 0.1) is 0 Å². The van der Waals surface area contributed by atoms with E-state index in [1.165, 1.54) is 13.1 Å². The number of aromatic hydroxyl groups is 1. The number of azo groups is 1. The molecule has 0 radical (unpaired) electrons. The van der Waals surface area contributed by atoms with Gasteiger partial charge in [-0.3, -0.25) is 4.18 Å². The van der Waals surface area contributed by atoms with E-state index in [-0.39, 0.29) is 16.3 Å². The molecule has 0 saturated heterocycles. The summed E-state index contributed by atoms with van der Waals surface area (Å²) in [4.78, 5) is -0.263. The molecule has 0 aromatic heterocycles. The molecule has 0 saturated carbocycles. The Morgan fingerprint density at radius 3 is 2.65 bits per heavy atom. The SMILES string of the molecule is CN=Nc1c(S(=O)(=O)OC)cc2cccc(N)c2c1O. The maximum absolute atomic E-state index is 11.9. The molecule has 7 nitrogen and oxygen atoms in total. The van der Waals surface area contributed by atoms with Crippen LogP contribution < -0.4 is 5.73 Å². The van der Waals surface area contributed by atoms with Crippen LogP contribution in [0.3, 0.4) is 0 Å². The number of anilines is 1. The fourth-order valence-electron chi connectivity index (χ4n) is 1.90. The number of phenolic OH excluding ortho intramolecular Hbond substituents is 1. The lowest BCUT2D eigenvalue weighted by molar-refractivity contribution is 0.397. The Balaban J connectivity index is 2.99. The third kappa shape index (κ3) is 2.19. The van der Waals surface area contributed by atoms with Crippen molar-refractivity contribution >= 4 is 32.3 Å². The Labute approximate surface area is 115 Å². The number of nitrogens with two attached hydrogens (primary N) is 1. The molecule has 0 aliphatic carbocycles. The molecule has 2 aromatic carbocycles. The highest BCUT2D eigenvalue weighted by Gasteiger charge is 2.24. The molecule has 0 aliphatic heterocycles. The van der Waals surface area contributed by atoms with Crippen LogP contribution in [0.4, 0.5) is 11.4 Å². The summed E-state index contributed by atoms with van der Waals surface area (Å²) in [6.07, 6.45) is 0. The molecule has 0 spiro atoms. The van der Waals surface area contributed by atoms with Gasteiger partial charge in [-0.2, -0.15) is 18.6 Å². The highest BCUT2D eigenvalue weighted by molar-refractivity contribution is 7.87. The molecule has 3 N–H and O–H groups in total. The molecule has 106 valence electrons. The van der Waals surface area contributed by atoms with Gasteiger partial charge in [0.2, 0.25) is 0 Å². The summed E-state index contributed by atoms with van der Waals surface area (Å²) in [5, 5.41) is 18.2. The lowest BCUT2D eigenvalue weighted by Gasteiger charge is -2.11. The van der Waals surface area contributed by atoms with Gasteiger partial charge in [-0.05, 0) is 17.5 Å². The van der Waals surface area contributed by atoms with Gasteiger partial charge >= 0.3 is 0 Å². The van der Waals surface area contributed by atoms with E-state index in [0.29, 0.717) is 16.5 Å². The van der Waals surface area contributed by atoms with Crippen molar-refractivity contribution in [1.82, 2.24) is 0 Å². The monoisotopic (exact) mass is 295 g/mol. The van der Waals surface area contributed by atoms with E-state index in [1.54, 1.807) is 18.2 Å². The van der Waals surface area contributed by atoms with Gasteiger partial charge in [0, 0.05) is 18.1 Å². The maximum Gasteiger partial charge on any atom is 0.299 e. The van der Waals surface area contributed by atoms with E-state index < -0.39 is 10.1 Å². The molecular formula is C12H13N3O4S. The number of nitrogens with zero attached hydrogens (tertiary/aromatic N) is 2. The van der Waals surface area contributed by atoms with Crippen molar-refractivity contribution < 1.29 is 17.7 Å². The minimum atomic E-state index is -4.03. The molecule has 2 rings (SSSR count). The molecule has 0 amide bonds. The van der Waals surface area contributed by atoms with Gasteiger partial charge in [-0.15, -0.1) is 0 Å². The standard InChI is InChI=1S/C12H13N3O4S/c1-14-15-11-9(20(17,18)19-2)6-7-4-3-5-8(13)10(7)12(11)16/h3-6,16H,13H2,1-2H3. The lowest BCUT2D eigenvalue weighted by Crippen LogP contribution is -2.03. The van der Waals surface area contributed by atoms with Crippen LogP contribution in [0.1, 0.15) is 0 Å². The summed E-state index contributed by atoms with van der Waals surface area (Å²) in [6, 6.07) is 6.22. The highest BCUT2D eigenvalue weighted by Crippen LogP contribution is 2.43. The van der Waals surface area contributed by atoms with Crippen molar-refractivity contribution in [3.05, 3.63) is 24.3 Å². The predicted molar refractivity (Wildman–Crippen MR) is 74.7 cm³/mol. The molecular weight excluding hydrogens is 282 g/mol. The normalized spacial score (nSPS) is 12.3. The quantitative estimate of drug-likeness (QED) is 0.511. The topological polar surface area (TPSA) is 114 Å². The smallest absolute Gasteiger partial charge is 0.299 e. The fraction of sp³-hybridized carbons (Fsp3) is 0.167. The molecule has 0 heterocycles. The van der Waals surface area contributed by atoms with Crippen LogP contribution >= 0.6 is 0 Å². The number of benzene rings is 2. The second-order valence-electron chi connectivity index (χ2n) is 3.94. The van der Waals surface area contributed by atoms with Crippen LogP contribution in [-0.2, 0) is 14.3 Å². The van der Waals surface area contributed by atoms with E-state index in [4.69, 9.17) is 5.73 Å². The van der Waals surface area contributed by atoms with E-state index in [1.807, 2.05) is 0 Å². The van der Waals surface area contributed by atoms with Gasteiger partial charge in [0.15, 0.2) is 5.75 Å². The molecule has 0 bridgehead atoms. The number of fused-ring (bicyclic) bond motifs is 1. The van der Waals surface area contributed by atoms with Crippen molar-refractivity contribution in [3.8, 4) is 5.75 Å². The van der Waals surface area contributed by atoms with Crippen molar-refractivity contribution in [2.24, 2.45) is 10.2 Å². The molecule has 0 aliphatic rings. The van der Waals surface area contributed by atoms with Gasteiger partial charge in [-0.25, -0.2) is 0 Å². The third-order valence-electron chi connectivity index (χ3n) is 2.80. The largest absolute Gasteiger partial charge is 0.505 e. The molecule has 0 atom stereocenters. The zero-order chi connectivity index (χ0) is 14.9. The Hall–Kier alpha value is -2.19. The van der Waals surface area contributed by atoms with Gasteiger partial charge < -0.3 is 10.8 Å². The fourth-order valence-corrected chi connectivity index (χ4v) is 2.73. The molecule has 8 heteroatoms. The van der Waals surface area contributed by atoms with E-state index >= 15 is 0 Å². The summed E-state index contributed by atoms with van der Waals surface area (Å²) in [7, 11) is -1.64. The van der Waals surface area contributed by atoms with Crippen LogP contribution in [0.2, 0.25) is 0 Å². The second-order valence-corrected chi connectivity index (χ2v) is 5.62. The van der Waals surface area contributed by atoms with Gasteiger partial charge in [0.1, 0.15) is 10.6 Å². The molecule has 0 fully saturated rings. The van der Waals surface area contributed by atoms with Crippen molar-refractivity contribution in [1.29, 1.82) is 0 Å². The minimum Gasteiger partial charge on any atom is -0.505 e. The first kappa shape index (κ1) is 14.2. The second kappa shape index (κ2) is 5.06. The number of hydrogen-bond acceptors (Lipinski definition) is 7. The lowest BCUT2D eigenvalue weighted by atomic mass is 10.1. The summed E-state index contributed by atoms with van der Waals surface area (Å²) in [6.45, 7) is 0. The van der Waals surface area contributed by atoms with Crippen LogP contribution in [0.25, 0.3) is 10.8 Å². The Bertz CT molecular complexity index is 800. The number of rotatable bonds is 3. The Kier molecular flexibility index (Phi) is 3.60. The number of phenols is 1. The first-order valence-corrected chi connectivity index (χ1v) is 6.98. The third-order valence-corrected chi connectivity index (χ3v) is 4.09. The molecule has 2 aromatic rings. The maximum atomic E-state index is 11.9. The van der Waals surface area contributed by atoms with Gasteiger partial charge in [0.05, 0.1) is 7.11 Å². The first-order chi connectivity index (χ1) is 9.42. The predicted octanol–water partition coefficient (Wildman–Crippen LogP) is 2.18. The van der Waals surface area contributed by atoms with E-state index in [9.17, 15) is 13.5 Å². The molecule has 0 unspecified atom stereocenters. The zero-order valence-electron chi connectivity index (χ0n) is 10.9. The van der Waals surface area contributed by atoms with Gasteiger partial charge in [-0.1, -0.05) is 12.1 Å². The average molecular weight is 295 g/mol. The molecule has 20 heavy (non-hydrogen) atoms. The van der Waals surface area contributed by atoms with E-state index in [2.05, 4.69) is 14.4 Å². The summed E-state index contributed by atoms with van der Waals surface area (Å²) in [5.74, 6) is -0.346.